The number of ether oxygens (including phenoxy) is 1. The van der Waals surface area contributed by atoms with Crippen LogP contribution in [-0.2, 0) is 6.42 Å². The fraction of sp³-hybridized carbons (Fsp3) is 0.556. The number of benzene rings is 1. The molecule has 0 radical (unpaired) electrons. The maximum atomic E-state index is 13.7. The Morgan fingerprint density at radius 3 is 3.06 bits per heavy atom. The highest BCUT2D eigenvalue weighted by Crippen LogP contribution is 2.45. The number of amides is 1. The zero-order valence-electron chi connectivity index (χ0n) is 19.1. The smallest absolute Gasteiger partial charge is 0.272 e. The monoisotopic (exact) mass is 444 g/mol. The largest absolute Gasteiger partial charge is 0.493 e. The Kier molecular flexibility index (Phi) is 4.64. The van der Waals surface area contributed by atoms with Gasteiger partial charge in [-0.05, 0) is 80.3 Å². The minimum absolute atomic E-state index is 0.105. The number of aromatic nitrogens is 2. The molecule has 2 unspecified atom stereocenters. The van der Waals surface area contributed by atoms with Crippen molar-refractivity contribution >= 4 is 5.91 Å². The van der Waals surface area contributed by atoms with Crippen LogP contribution in [0.3, 0.4) is 0 Å². The molecule has 2 aromatic rings. The lowest BCUT2D eigenvalue weighted by molar-refractivity contribution is 0.00131. The summed E-state index contributed by atoms with van der Waals surface area (Å²) in [6, 6.07) is 9.13. The summed E-state index contributed by atoms with van der Waals surface area (Å²) in [5.74, 6) is 2.32. The summed E-state index contributed by atoms with van der Waals surface area (Å²) in [6.45, 7) is 3.97. The molecule has 5 heterocycles. The van der Waals surface area contributed by atoms with Crippen LogP contribution in [-0.4, -0.2) is 64.2 Å². The van der Waals surface area contributed by atoms with E-state index in [1.807, 2.05) is 18.2 Å². The van der Waals surface area contributed by atoms with Gasteiger partial charge in [0.05, 0.1) is 18.3 Å². The molecule has 1 aliphatic carbocycles. The average Bonchev–Trinajstić information content (AvgIpc) is 3.53. The summed E-state index contributed by atoms with van der Waals surface area (Å²) >= 11 is 0. The van der Waals surface area contributed by atoms with Crippen molar-refractivity contribution in [2.45, 2.75) is 57.0 Å². The third-order valence-corrected chi connectivity index (χ3v) is 8.71. The first-order valence-electron chi connectivity index (χ1n) is 12.8. The van der Waals surface area contributed by atoms with Gasteiger partial charge in [-0.2, -0.15) is 5.10 Å². The molecule has 4 atom stereocenters. The van der Waals surface area contributed by atoms with Crippen molar-refractivity contribution in [2.75, 3.05) is 26.2 Å². The van der Waals surface area contributed by atoms with E-state index in [-0.39, 0.29) is 11.9 Å². The SMILES string of the molecule is O=C(c1cc(-c2ccc3c(c2)CCO3)n[nH]1)N1CCCC2=CC3CC(CN4CCCC[C@H]34)[C@@H]21. The van der Waals surface area contributed by atoms with Gasteiger partial charge in [-0.1, -0.05) is 18.1 Å². The van der Waals surface area contributed by atoms with Crippen LogP contribution in [0.5, 0.6) is 5.75 Å². The van der Waals surface area contributed by atoms with Crippen LogP contribution in [0, 0.1) is 11.8 Å². The van der Waals surface area contributed by atoms with Gasteiger partial charge in [-0.25, -0.2) is 0 Å². The molecule has 5 aliphatic rings. The molecule has 3 fully saturated rings. The number of nitrogens with zero attached hydrogens (tertiary/aromatic N) is 3. The zero-order chi connectivity index (χ0) is 21.9. The number of hydrogen-bond donors (Lipinski definition) is 1. The normalized spacial score (nSPS) is 30.7. The van der Waals surface area contributed by atoms with E-state index >= 15 is 0 Å². The third-order valence-electron chi connectivity index (χ3n) is 8.71. The summed E-state index contributed by atoms with van der Waals surface area (Å²) in [5, 5.41) is 7.58. The van der Waals surface area contributed by atoms with E-state index in [4.69, 9.17) is 4.74 Å². The van der Waals surface area contributed by atoms with Gasteiger partial charge in [-0.3, -0.25) is 14.8 Å². The summed E-state index contributed by atoms with van der Waals surface area (Å²) in [7, 11) is 0. The molecule has 1 aromatic carbocycles. The van der Waals surface area contributed by atoms with Crippen molar-refractivity contribution in [3.8, 4) is 17.0 Å². The van der Waals surface area contributed by atoms with E-state index in [0.717, 1.165) is 62.0 Å². The number of aromatic amines is 1. The molecule has 0 saturated carbocycles. The van der Waals surface area contributed by atoms with E-state index in [9.17, 15) is 4.79 Å². The Hall–Kier alpha value is -2.60. The fourth-order valence-corrected chi connectivity index (χ4v) is 7.28. The summed E-state index contributed by atoms with van der Waals surface area (Å²) in [6.07, 6.45) is 11.0. The predicted octanol–water partition coefficient (Wildman–Crippen LogP) is 4.05. The van der Waals surface area contributed by atoms with Crippen molar-refractivity contribution < 1.29 is 9.53 Å². The van der Waals surface area contributed by atoms with Gasteiger partial charge in [0.15, 0.2) is 0 Å². The van der Waals surface area contributed by atoms with Crippen LogP contribution >= 0.6 is 0 Å². The minimum atomic E-state index is 0.105. The molecule has 1 N–H and O–H groups in total. The molecule has 1 aromatic heterocycles. The molecule has 2 bridgehead atoms. The van der Waals surface area contributed by atoms with Crippen molar-refractivity contribution in [3.05, 3.63) is 47.2 Å². The first kappa shape index (κ1) is 19.8. The van der Waals surface area contributed by atoms with Crippen LogP contribution < -0.4 is 4.74 Å². The molecule has 4 aliphatic heterocycles. The Morgan fingerprint density at radius 2 is 2.09 bits per heavy atom. The number of piperidine rings is 3. The van der Waals surface area contributed by atoms with E-state index in [2.05, 4.69) is 32.1 Å². The molecule has 6 heteroatoms. The van der Waals surface area contributed by atoms with Crippen molar-refractivity contribution in [1.82, 2.24) is 20.0 Å². The number of carbonyl (C=O) groups excluding carboxylic acids is 1. The van der Waals surface area contributed by atoms with Gasteiger partial charge >= 0.3 is 0 Å². The number of nitrogens with one attached hydrogen (secondary N) is 1. The van der Waals surface area contributed by atoms with E-state index in [1.54, 1.807) is 0 Å². The van der Waals surface area contributed by atoms with Crippen molar-refractivity contribution in [1.29, 1.82) is 0 Å². The molecule has 6 nitrogen and oxygen atoms in total. The molecule has 1 amide bonds. The van der Waals surface area contributed by atoms with Crippen molar-refractivity contribution in [2.24, 2.45) is 11.8 Å². The van der Waals surface area contributed by atoms with Crippen LogP contribution in [0.4, 0.5) is 0 Å². The Labute approximate surface area is 195 Å². The summed E-state index contributed by atoms with van der Waals surface area (Å²) < 4.78 is 5.63. The van der Waals surface area contributed by atoms with Gasteiger partial charge < -0.3 is 9.64 Å². The fourth-order valence-electron chi connectivity index (χ4n) is 7.28. The molecular formula is C27H32N4O2. The van der Waals surface area contributed by atoms with Crippen molar-refractivity contribution in [3.63, 3.8) is 0 Å². The molecule has 33 heavy (non-hydrogen) atoms. The predicted molar refractivity (Wildman–Crippen MR) is 126 cm³/mol. The molecule has 172 valence electrons. The highest BCUT2D eigenvalue weighted by Gasteiger charge is 2.47. The third kappa shape index (κ3) is 3.25. The standard InChI is InChI=1S/C27H32N4O2/c32-27(23-15-22(28-29-23)17-6-7-25-18(12-17)8-11-33-25)31-10-3-4-19-13-20-14-21(26(19)31)16-30-9-2-1-5-24(20)30/h6-7,12-13,15,20-21,24,26H,1-5,8-11,14,16H2,(H,28,29)/t20?,21?,24-,26-/m1/s1. The van der Waals surface area contributed by atoms with E-state index in [0.29, 0.717) is 17.5 Å². The Morgan fingerprint density at radius 1 is 1.12 bits per heavy atom. The quantitative estimate of drug-likeness (QED) is 0.710. The van der Waals surface area contributed by atoms with Crippen LogP contribution in [0.25, 0.3) is 11.3 Å². The van der Waals surface area contributed by atoms with Gasteiger partial charge in [-0.15, -0.1) is 0 Å². The first-order chi connectivity index (χ1) is 16.2. The lowest BCUT2D eigenvalue weighted by atomic mass is 9.68. The zero-order valence-corrected chi connectivity index (χ0v) is 19.1. The number of fused-ring (bicyclic) bond motifs is 7. The van der Waals surface area contributed by atoms with Gasteiger partial charge in [0.25, 0.3) is 5.91 Å². The second kappa shape index (κ2) is 7.73. The van der Waals surface area contributed by atoms with Gasteiger partial charge in [0.1, 0.15) is 11.4 Å². The summed E-state index contributed by atoms with van der Waals surface area (Å²) in [4.78, 5) is 18.6. The van der Waals surface area contributed by atoms with Gasteiger partial charge in [0.2, 0.25) is 0 Å². The Bertz CT molecular complexity index is 1120. The number of hydrogen-bond acceptors (Lipinski definition) is 4. The van der Waals surface area contributed by atoms with Crippen LogP contribution in [0.15, 0.2) is 35.9 Å². The number of carbonyl (C=O) groups is 1. The maximum absolute atomic E-state index is 13.7. The maximum Gasteiger partial charge on any atom is 0.272 e. The topological polar surface area (TPSA) is 61.5 Å². The second-order valence-electron chi connectivity index (χ2n) is 10.6. The highest BCUT2D eigenvalue weighted by atomic mass is 16.5. The number of likely N-dealkylation sites (tertiary alicyclic amines) is 1. The second-order valence-corrected chi connectivity index (χ2v) is 10.6. The van der Waals surface area contributed by atoms with E-state index < -0.39 is 0 Å². The number of H-pyrrole nitrogens is 1. The van der Waals surface area contributed by atoms with Crippen LogP contribution in [0.1, 0.15) is 54.6 Å². The number of rotatable bonds is 2. The molecule has 3 saturated heterocycles. The van der Waals surface area contributed by atoms with Gasteiger partial charge in [0, 0.05) is 31.1 Å². The Balaban J connectivity index is 1.16. The first-order valence-corrected chi connectivity index (χ1v) is 12.8. The lowest BCUT2D eigenvalue weighted by Gasteiger charge is -2.54. The minimum Gasteiger partial charge on any atom is -0.493 e. The average molecular weight is 445 g/mol. The molecule has 0 spiro atoms. The lowest BCUT2D eigenvalue weighted by Crippen LogP contribution is -2.60. The highest BCUT2D eigenvalue weighted by molar-refractivity contribution is 5.94. The van der Waals surface area contributed by atoms with E-state index in [1.165, 1.54) is 43.4 Å². The molecule has 7 rings (SSSR count). The molecular weight excluding hydrogens is 412 g/mol. The summed E-state index contributed by atoms with van der Waals surface area (Å²) in [5.41, 5.74) is 5.23. The van der Waals surface area contributed by atoms with Crippen LogP contribution in [0.2, 0.25) is 0 Å².